The zero-order chi connectivity index (χ0) is 12.3. The van der Waals surface area contributed by atoms with Crippen molar-refractivity contribution < 1.29 is 14.7 Å². The second kappa shape index (κ2) is 4.82. The van der Waals surface area contributed by atoms with Gasteiger partial charge in [-0.05, 0) is 26.2 Å². The van der Waals surface area contributed by atoms with Crippen LogP contribution in [-0.2, 0) is 9.59 Å². The van der Waals surface area contributed by atoms with Crippen LogP contribution in [0.2, 0.25) is 0 Å². The van der Waals surface area contributed by atoms with Crippen LogP contribution in [0.5, 0.6) is 0 Å². The quantitative estimate of drug-likeness (QED) is 0.734. The number of carbonyl (C=O) groups is 2. The summed E-state index contributed by atoms with van der Waals surface area (Å²) in [6, 6.07) is -0.450. The first-order valence-corrected chi connectivity index (χ1v) is 5.68. The fraction of sp³-hybridized carbons (Fsp3) is 0.818. The van der Waals surface area contributed by atoms with Gasteiger partial charge in [-0.2, -0.15) is 0 Å². The lowest BCUT2D eigenvalue weighted by Crippen LogP contribution is -2.50. The maximum atomic E-state index is 11.8. The Bertz CT molecular complexity index is 283. The number of carboxylic acid groups (broad SMARTS) is 1. The second-order valence-corrected chi connectivity index (χ2v) is 4.71. The lowest BCUT2D eigenvalue weighted by Gasteiger charge is -2.37. The lowest BCUT2D eigenvalue weighted by molar-refractivity contribution is -0.153. The van der Waals surface area contributed by atoms with Gasteiger partial charge < -0.3 is 15.7 Å². The van der Waals surface area contributed by atoms with E-state index < -0.39 is 17.4 Å². The maximum absolute atomic E-state index is 11.8. The summed E-state index contributed by atoms with van der Waals surface area (Å²) in [5.41, 5.74) is 4.98. The molecule has 1 aliphatic heterocycles. The van der Waals surface area contributed by atoms with Crippen LogP contribution in [0.15, 0.2) is 0 Å². The van der Waals surface area contributed by atoms with Crippen LogP contribution in [0.25, 0.3) is 0 Å². The molecule has 1 atom stereocenters. The van der Waals surface area contributed by atoms with E-state index in [1.165, 1.54) is 0 Å². The zero-order valence-electron chi connectivity index (χ0n) is 9.90. The minimum atomic E-state index is -0.778. The molecule has 1 fully saturated rings. The highest BCUT2D eigenvalue weighted by Gasteiger charge is 2.38. The van der Waals surface area contributed by atoms with Gasteiger partial charge >= 0.3 is 5.97 Å². The summed E-state index contributed by atoms with van der Waals surface area (Å²) in [4.78, 5) is 24.5. The van der Waals surface area contributed by atoms with Crippen molar-refractivity contribution in [3.63, 3.8) is 0 Å². The molecule has 0 aliphatic carbocycles. The van der Waals surface area contributed by atoms with E-state index in [0.29, 0.717) is 32.4 Å². The molecule has 1 heterocycles. The number of carboxylic acids is 1. The number of rotatable bonds is 3. The number of hydrogen-bond donors (Lipinski definition) is 2. The molecular weight excluding hydrogens is 208 g/mol. The summed E-state index contributed by atoms with van der Waals surface area (Å²) in [6.45, 7) is 4.59. The molecule has 3 N–H and O–H groups in total. The zero-order valence-corrected chi connectivity index (χ0v) is 9.90. The van der Waals surface area contributed by atoms with Crippen molar-refractivity contribution in [1.82, 2.24) is 4.90 Å². The van der Waals surface area contributed by atoms with E-state index in [4.69, 9.17) is 10.8 Å². The van der Waals surface area contributed by atoms with E-state index in [1.807, 2.05) is 6.92 Å². The van der Waals surface area contributed by atoms with Gasteiger partial charge in [-0.1, -0.05) is 6.92 Å². The molecular formula is C11H20N2O3. The molecule has 0 aromatic heterocycles. The number of likely N-dealkylation sites (tertiary alicyclic amines) is 1. The van der Waals surface area contributed by atoms with Gasteiger partial charge in [0.2, 0.25) is 5.91 Å². The van der Waals surface area contributed by atoms with Crippen molar-refractivity contribution in [2.75, 3.05) is 13.1 Å². The van der Waals surface area contributed by atoms with Crippen molar-refractivity contribution in [2.24, 2.45) is 11.1 Å². The average molecular weight is 228 g/mol. The monoisotopic (exact) mass is 228 g/mol. The fourth-order valence-corrected chi connectivity index (χ4v) is 1.84. The molecule has 0 radical (unpaired) electrons. The highest BCUT2D eigenvalue weighted by atomic mass is 16.4. The van der Waals surface area contributed by atoms with E-state index >= 15 is 0 Å². The molecule has 1 rings (SSSR count). The van der Waals surface area contributed by atoms with Crippen molar-refractivity contribution >= 4 is 11.9 Å². The molecule has 5 nitrogen and oxygen atoms in total. The number of piperidine rings is 1. The van der Waals surface area contributed by atoms with Crippen LogP contribution in [0, 0.1) is 5.41 Å². The first-order valence-electron chi connectivity index (χ1n) is 5.68. The Kier molecular flexibility index (Phi) is 3.91. The van der Waals surface area contributed by atoms with Crippen molar-refractivity contribution in [1.29, 1.82) is 0 Å². The normalized spacial score (nSPS) is 21.6. The highest BCUT2D eigenvalue weighted by Crippen LogP contribution is 2.31. The third-order valence-corrected chi connectivity index (χ3v) is 3.45. The van der Waals surface area contributed by atoms with Gasteiger partial charge in [-0.25, -0.2) is 0 Å². The van der Waals surface area contributed by atoms with Crippen molar-refractivity contribution in [2.45, 2.75) is 39.2 Å². The Morgan fingerprint density at radius 3 is 2.31 bits per heavy atom. The number of hydrogen-bond acceptors (Lipinski definition) is 3. The van der Waals surface area contributed by atoms with Gasteiger partial charge in [0, 0.05) is 13.1 Å². The van der Waals surface area contributed by atoms with Crippen molar-refractivity contribution in [3.05, 3.63) is 0 Å². The Hall–Kier alpha value is -1.10. The van der Waals surface area contributed by atoms with Gasteiger partial charge in [-0.3, -0.25) is 9.59 Å². The molecule has 0 aromatic carbocycles. The summed E-state index contributed by atoms with van der Waals surface area (Å²) in [7, 11) is 0. The largest absolute Gasteiger partial charge is 0.481 e. The number of carbonyl (C=O) groups excluding carboxylic acids is 1. The Balaban J connectivity index is 2.55. The molecule has 16 heavy (non-hydrogen) atoms. The first-order chi connectivity index (χ1) is 7.40. The Morgan fingerprint density at radius 1 is 1.44 bits per heavy atom. The van der Waals surface area contributed by atoms with Crippen LogP contribution >= 0.6 is 0 Å². The predicted molar refractivity (Wildman–Crippen MR) is 59.8 cm³/mol. The summed E-state index contributed by atoms with van der Waals surface area (Å²) in [5.74, 6) is -0.839. The van der Waals surface area contributed by atoms with Gasteiger partial charge in [0.1, 0.15) is 0 Å². The SMILES string of the molecule is CC[C@@H](N)C(=O)N1CCC(C)(C(=O)O)CC1. The number of nitrogens with zero attached hydrogens (tertiary/aromatic N) is 1. The van der Waals surface area contributed by atoms with E-state index in [0.717, 1.165) is 0 Å². The molecule has 1 amide bonds. The molecule has 92 valence electrons. The summed E-state index contributed by atoms with van der Waals surface area (Å²) >= 11 is 0. The minimum absolute atomic E-state index is 0.0602. The molecule has 0 spiro atoms. The molecule has 1 saturated heterocycles. The van der Waals surface area contributed by atoms with Crippen molar-refractivity contribution in [3.8, 4) is 0 Å². The Morgan fingerprint density at radius 2 is 1.94 bits per heavy atom. The van der Waals surface area contributed by atoms with Gasteiger partial charge in [0.25, 0.3) is 0 Å². The Labute approximate surface area is 95.6 Å². The maximum Gasteiger partial charge on any atom is 0.309 e. The van der Waals surface area contributed by atoms with E-state index in [2.05, 4.69) is 0 Å². The number of aliphatic carboxylic acids is 1. The topological polar surface area (TPSA) is 83.6 Å². The molecule has 0 bridgehead atoms. The standard InChI is InChI=1S/C11H20N2O3/c1-3-8(12)9(14)13-6-4-11(2,5-7-13)10(15)16/h8H,3-7,12H2,1-2H3,(H,15,16)/t8-/m1/s1. The highest BCUT2D eigenvalue weighted by molar-refractivity contribution is 5.82. The smallest absolute Gasteiger partial charge is 0.309 e. The van der Waals surface area contributed by atoms with Gasteiger partial charge in [0.15, 0.2) is 0 Å². The van der Waals surface area contributed by atoms with Crippen LogP contribution in [-0.4, -0.2) is 41.0 Å². The van der Waals surface area contributed by atoms with Gasteiger partial charge in [-0.15, -0.1) is 0 Å². The van der Waals surface area contributed by atoms with Crippen LogP contribution < -0.4 is 5.73 Å². The summed E-state index contributed by atoms with van der Waals surface area (Å²) in [5, 5.41) is 9.05. The van der Waals surface area contributed by atoms with Crippen LogP contribution in [0.4, 0.5) is 0 Å². The molecule has 0 unspecified atom stereocenters. The van der Waals surface area contributed by atoms with Crippen LogP contribution in [0.1, 0.15) is 33.1 Å². The summed E-state index contributed by atoms with van der Waals surface area (Å²) < 4.78 is 0. The van der Waals surface area contributed by atoms with E-state index in [9.17, 15) is 9.59 Å². The first kappa shape index (κ1) is 13.0. The fourth-order valence-electron chi connectivity index (χ4n) is 1.84. The average Bonchev–Trinajstić information content (AvgIpc) is 2.28. The predicted octanol–water partition coefficient (Wildman–Crippen LogP) is 0.437. The second-order valence-electron chi connectivity index (χ2n) is 4.71. The number of amides is 1. The molecule has 0 aromatic rings. The van der Waals surface area contributed by atoms with Crippen LogP contribution in [0.3, 0.4) is 0 Å². The van der Waals surface area contributed by atoms with E-state index in [-0.39, 0.29) is 5.91 Å². The summed E-state index contributed by atoms with van der Waals surface area (Å²) in [6.07, 6.45) is 1.63. The lowest BCUT2D eigenvalue weighted by atomic mass is 9.80. The third-order valence-electron chi connectivity index (χ3n) is 3.45. The number of nitrogens with two attached hydrogens (primary N) is 1. The minimum Gasteiger partial charge on any atom is -0.481 e. The molecule has 5 heteroatoms. The molecule has 1 aliphatic rings. The van der Waals surface area contributed by atoms with Gasteiger partial charge in [0.05, 0.1) is 11.5 Å². The van der Waals surface area contributed by atoms with E-state index in [1.54, 1.807) is 11.8 Å². The molecule has 0 saturated carbocycles. The third kappa shape index (κ3) is 2.52.